The Hall–Kier alpha value is -6.80. The molecule has 332 valence electrons. The maximum Gasteiger partial charge on any atom is 0.226 e. The summed E-state index contributed by atoms with van der Waals surface area (Å²) in [6.45, 7) is 0. The minimum absolute atomic E-state index is 0.461. The van der Waals surface area contributed by atoms with Crippen LogP contribution in [0.2, 0.25) is 0 Å². The van der Waals surface area contributed by atoms with Crippen molar-refractivity contribution in [2.75, 3.05) is 0 Å². The van der Waals surface area contributed by atoms with Gasteiger partial charge in [-0.15, -0.1) is 0 Å². The first-order valence-electron chi connectivity index (χ1n) is 18.7. The van der Waals surface area contributed by atoms with Crippen LogP contribution in [0.5, 0.6) is 0 Å². The zero-order valence-corrected chi connectivity index (χ0v) is 37.9. The van der Waals surface area contributed by atoms with Crippen LogP contribution in [-0.4, -0.2) is 80.8 Å². The lowest BCUT2D eigenvalue weighted by atomic mass is 10.2. The third kappa shape index (κ3) is 7.31. The molecule has 9 aromatic rings. The number of hydrogen-bond acceptors (Lipinski definition) is 18. The summed E-state index contributed by atoms with van der Waals surface area (Å²) in [6, 6.07) is 32.2. The molecule has 66 heavy (non-hydrogen) atoms. The van der Waals surface area contributed by atoms with E-state index in [1.807, 2.05) is 0 Å². The topological polar surface area (TPSA) is 288 Å². The molecule has 0 aliphatic rings. The van der Waals surface area contributed by atoms with Crippen LogP contribution in [-0.2, 0) is 60.3 Å². The molecule has 0 saturated carbocycles. The second-order valence-corrected chi connectivity index (χ2v) is 24.1. The quantitative estimate of drug-likeness (QED) is 0.123. The highest BCUT2D eigenvalue weighted by atomic mass is 32.2. The molecule has 9 rings (SSSR count). The molecule has 1 unspecified atom stereocenters. The van der Waals surface area contributed by atoms with Gasteiger partial charge in [0.05, 0.1) is 24.5 Å². The van der Waals surface area contributed by atoms with E-state index in [0.717, 1.165) is 60.7 Å². The first kappa shape index (κ1) is 44.4. The van der Waals surface area contributed by atoms with Crippen molar-refractivity contribution in [3.63, 3.8) is 0 Å². The van der Waals surface area contributed by atoms with Crippen LogP contribution in [0, 0.1) is 0 Å². The number of fused-ring (bicyclic) bond motifs is 6. The molecule has 18 nitrogen and oxygen atoms in total. The number of rotatable bonds is 11. The van der Waals surface area contributed by atoms with Crippen molar-refractivity contribution in [1.82, 2.24) is 29.9 Å². The van der Waals surface area contributed by atoms with E-state index in [4.69, 9.17) is 0 Å². The maximum absolute atomic E-state index is 14.6. The Morgan fingerprint density at radius 1 is 0.288 bits per heavy atom. The molecule has 3 aromatic heterocycles. The van der Waals surface area contributed by atoms with Crippen molar-refractivity contribution in [2.24, 2.45) is 0 Å². The number of hydrogen-bond donors (Lipinski definition) is 0. The highest BCUT2D eigenvalue weighted by molar-refractivity contribution is 7.95. The van der Waals surface area contributed by atoms with Gasteiger partial charge in [0.1, 0.15) is 33.1 Å². The van der Waals surface area contributed by atoms with Gasteiger partial charge in [0.15, 0.2) is 30.2 Å². The molecule has 0 N–H and O–H groups in total. The number of aromatic nitrogens is 6. The Morgan fingerprint density at radius 2 is 0.470 bits per heavy atom. The van der Waals surface area contributed by atoms with E-state index < -0.39 is 148 Å². The summed E-state index contributed by atoms with van der Waals surface area (Å²) in [5, 5.41) is -7.31. The van der Waals surface area contributed by atoms with Gasteiger partial charge in [0.25, 0.3) is 0 Å². The van der Waals surface area contributed by atoms with Gasteiger partial charge in [-0.2, -0.15) is 0 Å². The minimum Gasteiger partial charge on any atom is -0.767 e. The summed E-state index contributed by atoms with van der Waals surface area (Å²) in [7, 11) is -25.1. The Bertz CT molecular complexity index is 3960. The summed E-state index contributed by atoms with van der Waals surface area (Å²) >= 11 is -3.55. The first-order valence-corrected chi connectivity index (χ1v) is 27.2. The SMILES string of the molecule is O=S([O-])c1nc2c(nc1S(=O)(=O)c1ccccc1)c1nc(S(=O)(=O)c3ccccc3)c(S(=O)(=O)c3ccccc3)nc1c1nc(S(=O)(=O)c3ccccc3)c(S(=O)(=O)c3ccccc3)nc21. The van der Waals surface area contributed by atoms with Gasteiger partial charge >= 0.3 is 0 Å². The summed E-state index contributed by atoms with van der Waals surface area (Å²) in [5.74, 6) is 0. The molecule has 0 spiro atoms. The average Bonchev–Trinajstić information content (AvgIpc) is 3.34. The van der Waals surface area contributed by atoms with Crippen molar-refractivity contribution in [3.8, 4) is 0 Å². The second-order valence-electron chi connectivity index (χ2n) is 13.9. The standard InChI is InChI=1S/C42H26N6O12S6/c49-61(50)37-38(62(51,52)26-16-6-1-7-17-26)44-32-31(43-37)33-35(47-40(64(55,56)28-20-10-3-11-21-28)39(45-33)63(53,54)27-18-8-2-9-19-27)36-34(32)46-41(65(57,58)29-22-12-4-13-23-29)42(48-36)66(59,60)30-24-14-5-15-25-30/h1-25H,(H,49,50)/p-1. The van der Waals surface area contributed by atoms with Crippen molar-refractivity contribution in [3.05, 3.63) is 152 Å². The largest absolute Gasteiger partial charge is 0.767 e. The zero-order valence-electron chi connectivity index (χ0n) is 33.0. The Kier molecular flexibility index (Phi) is 10.9. The average molecular weight is 998 g/mol. The predicted octanol–water partition coefficient (Wildman–Crippen LogP) is 4.92. The van der Waals surface area contributed by atoms with E-state index in [-0.39, 0.29) is 0 Å². The van der Waals surface area contributed by atoms with Crippen LogP contribution in [0.1, 0.15) is 0 Å². The van der Waals surface area contributed by atoms with Crippen LogP contribution in [0.4, 0.5) is 0 Å². The van der Waals surface area contributed by atoms with Gasteiger partial charge < -0.3 is 4.55 Å². The molecule has 3 heterocycles. The molecule has 0 fully saturated rings. The van der Waals surface area contributed by atoms with Gasteiger partial charge in [-0.1, -0.05) is 91.0 Å². The smallest absolute Gasteiger partial charge is 0.226 e. The minimum atomic E-state index is -5.04. The predicted molar refractivity (Wildman–Crippen MR) is 232 cm³/mol. The van der Waals surface area contributed by atoms with Crippen LogP contribution in [0.25, 0.3) is 33.1 Å². The van der Waals surface area contributed by atoms with Gasteiger partial charge in [-0.25, -0.2) is 72.0 Å². The van der Waals surface area contributed by atoms with Crippen LogP contribution in [0.15, 0.2) is 206 Å². The molecule has 6 aromatic carbocycles. The molecule has 0 amide bonds. The lowest BCUT2D eigenvalue weighted by Crippen LogP contribution is -2.18. The molecule has 0 bridgehead atoms. The lowest BCUT2D eigenvalue weighted by molar-refractivity contribution is 0.526. The molecule has 1 atom stereocenters. The summed E-state index contributed by atoms with van der Waals surface area (Å²) in [6.07, 6.45) is 0. The molecule has 0 radical (unpaired) electrons. The molecular formula is C42H25N6O12S6-. The first-order chi connectivity index (χ1) is 31.4. The molecule has 0 aliphatic carbocycles. The fourth-order valence-corrected chi connectivity index (χ4v) is 15.1. The monoisotopic (exact) mass is 997 g/mol. The summed E-state index contributed by atoms with van der Waals surface area (Å²) in [4.78, 5) is 23.3. The molecule has 24 heteroatoms. The third-order valence-electron chi connectivity index (χ3n) is 9.87. The van der Waals surface area contributed by atoms with Gasteiger partial charge in [0, 0.05) is 11.1 Å². The van der Waals surface area contributed by atoms with Crippen molar-refractivity contribution < 1.29 is 50.9 Å². The van der Waals surface area contributed by atoms with Gasteiger partial charge in [-0.3, -0.25) is 4.21 Å². The highest BCUT2D eigenvalue weighted by Gasteiger charge is 2.38. The zero-order chi connectivity index (χ0) is 46.8. The van der Waals surface area contributed by atoms with E-state index >= 15 is 0 Å². The third-order valence-corrected chi connectivity index (χ3v) is 19.3. The van der Waals surface area contributed by atoms with Gasteiger partial charge in [0.2, 0.25) is 49.2 Å². The van der Waals surface area contributed by atoms with E-state index in [1.54, 1.807) is 0 Å². The molecular weight excluding hydrogens is 973 g/mol. The van der Waals surface area contributed by atoms with Crippen molar-refractivity contribution in [1.29, 1.82) is 0 Å². The highest BCUT2D eigenvalue weighted by Crippen LogP contribution is 2.39. The fraction of sp³-hybridized carbons (Fsp3) is 0. The van der Waals surface area contributed by atoms with Crippen LogP contribution in [0.3, 0.4) is 0 Å². The summed E-state index contributed by atoms with van der Waals surface area (Å²) < 4.78 is 171. The van der Waals surface area contributed by atoms with E-state index in [2.05, 4.69) is 29.9 Å². The normalized spacial score (nSPS) is 13.2. The number of benzene rings is 6. The van der Waals surface area contributed by atoms with Crippen LogP contribution < -0.4 is 0 Å². The van der Waals surface area contributed by atoms with E-state index in [0.29, 0.717) is 0 Å². The number of nitrogens with zero attached hydrogens (tertiary/aromatic N) is 6. The van der Waals surface area contributed by atoms with Crippen molar-refractivity contribution in [2.45, 2.75) is 54.6 Å². The molecule has 0 aliphatic heterocycles. The maximum atomic E-state index is 14.6. The number of sulfone groups is 5. The Labute approximate surface area is 378 Å². The van der Waals surface area contributed by atoms with Gasteiger partial charge in [-0.05, 0) is 60.7 Å². The fourth-order valence-electron chi connectivity index (χ4n) is 6.74. The van der Waals surface area contributed by atoms with E-state index in [9.17, 15) is 50.9 Å². The second kappa shape index (κ2) is 16.3. The van der Waals surface area contributed by atoms with Crippen LogP contribution >= 0.6 is 0 Å². The van der Waals surface area contributed by atoms with E-state index in [1.165, 1.54) is 91.0 Å². The molecule has 0 saturated heterocycles. The Balaban J connectivity index is 1.55. The Morgan fingerprint density at radius 3 is 0.682 bits per heavy atom. The summed E-state index contributed by atoms with van der Waals surface area (Å²) in [5.41, 5.74) is -4.69. The lowest BCUT2D eigenvalue weighted by Gasteiger charge is -2.17. The van der Waals surface area contributed by atoms with Crippen molar-refractivity contribution >= 4 is 93.4 Å².